The molecule has 180 valence electrons. The molecule has 0 saturated heterocycles. The number of benzene rings is 2. The molecule has 1 aliphatic rings. The Morgan fingerprint density at radius 2 is 1.80 bits per heavy atom. The molecule has 3 aromatic rings. The summed E-state index contributed by atoms with van der Waals surface area (Å²) < 4.78 is 5.48. The van der Waals surface area contributed by atoms with Crippen molar-refractivity contribution in [3.8, 4) is 5.75 Å². The minimum atomic E-state index is -0.971. The van der Waals surface area contributed by atoms with Gasteiger partial charge in [0, 0.05) is 23.5 Å². The molecule has 0 fully saturated rings. The van der Waals surface area contributed by atoms with Crippen LogP contribution >= 0.6 is 0 Å². The molecule has 1 N–H and O–H groups in total. The number of pyridine rings is 1. The monoisotopic (exact) mass is 470 g/mol. The molecule has 2 aromatic carbocycles. The van der Waals surface area contributed by atoms with Crippen molar-refractivity contribution in [3.63, 3.8) is 0 Å². The van der Waals surface area contributed by atoms with Gasteiger partial charge in [0.1, 0.15) is 5.75 Å². The van der Waals surface area contributed by atoms with Crippen molar-refractivity contribution in [2.45, 2.75) is 45.1 Å². The Kier molecular flexibility index (Phi) is 8.28. The maximum Gasteiger partial charge on any atom is 0.341 e. The van der Waals surface area contributed by atoms with Gasteiger partial charge >= 0.3 is 5.97 Å². The van der Waals surface area contributed by atoms with Crippen LogP contribution in [0.25, 0.3) is 6.08 Å². The predicted octanol–water partition coefficient (Wildman–Crippen LogP) is 6.23. The van der Waals surface area contributed by atoms with Gasteiger partial charge in [0.15, 0.2) is 12.7 Å². The number of carboxylic acid groups (broad SMARTS) is 1. The lowest BCUT2D eigenvalue weighted by Crippen LogP contribution is -2.12. The highest BCUT2D eigenvalue weighted by atomic mass is 16.6. The smallest absolute Gasteiger partial charge is 0.341 e. The summed E-state index contributed by atoms with van der Waals surface area (Å²) in [4.78, 5) is 21.1. The van der Waals surface area contributed by atoms with E-state index in [9.17, 15) is 4.79 Å². The van der Waals surface area contributed by atoms with Crippen LogP contribution < -0.4 is 4.74 Å². The summed E-state index contributed by atoms with van der Waals surface area (Å²) in [5.41, 5.74) is 6.60. The van der Waals surface area contributed by atoms with E-state index in [4.69, 9.17) is 14.7 Å². The van der Waals surface area contributed by atoms with Gasteiger partial charge in [-0.2, -0.15) is 0 Å². The van der Waals surface area contributed by atoms with Crippen LogP contribution in [0.4, 0.5) is 0 Å². The summed E-state index contributed by atoms with van der Waals surface area (Å²) in [6, 6.07) is 19.8. The number of carboxylic acids is 1. The van der Waals surface area contributed by atoms with Crippen molar-refractivity contribution < 1.29 is 19.5 Å². The van der Waals surface area contributed by atoms with Gasteiger partial charge in [-0.1, -0.05) is 66.2 Å². The highest BCUT2D eigenvalue weighted by Gasteiger charge is 2.18. The Bertz CT molecular complexity index is 1150. The molecule has 1 aromatic heterocycles. The van der Waals surface area contributed by atoms with Crippen LogP contribution in [0.2, 0.25) is 0 Å². The number of carbonyl (C=O) groups is 1. The SMILES string of the molecule is CC/C(CCC1=Cc2cccc(OCC(=O)O)c2CC1)=N\OC(c1ccccc1)c1ccncc1. The van der Waals surface area contributed by atoms with Crippen LogP contribution in [0.1, 0.15) is 61.0 Å². The second-order valence-corrected chi connectivity index (χ2v) is 8.50. The van der Waals surface area contributed by atoms with Gasteiger partial charge in [-0.3, -0.25) is 4.98 Å². The lowest BCUT2D eigenvalue weighted by Gasteiger charge is -2.20. The van der Waals surface area contributed by atoms with Crippen LogP contribution in [0.3, 0.4) is 0 Å². The molecule has 0 radical (unpaired) electrons. The van der Waals surface area contributed by atoms with E-state index < -0.39 is 5.97 Å². The molecule has 0 saturated carbocycles. The molecule has 1 atom stereocenters. The maximum absolute atomic E-state index is 10.9. The highest BCUT2D eigenvalue weighted by molar-refractivity contribution is 5.84. The fourth-order valence-electron chi connectivity index (χ4n) is 4.23. The predicted molar refractivity (Wildman–Crippen MR) is 136 cm³/mol. The van der Waals surface area contributed by atoms with E-state index in [1.807, 2.05) is 54.6 Å². The van der Waals surface area contributed by atoms with Gasteiger partial charge in [0.05, 0.1) is 5.71 Å². The highest BCUT2D eigenvalue weighted by Crippen LogP contribution is 2.33. The third-order valence-electron chi connectivity index (χ3n) is 6.12. The number of aliphatic carboxylic acids is 1. The summed E-state index contributed by atoms with van der Waals surface area (Å²) in [6.45, 7) is 1.77. The quantitative estimate of drug-likeness (QED) is 0.265. The molecule has 0 bridgehead atoms. The average molecular weight is 471 g/mol. The van der Waals surface area contributed by atoms with Gasteiger partial charge in [0.25, 0.3) is 0 Å². The van der Waals surface area contributed by atoms with Gasteiger partial charge in [-0.25, -0.2) is 4.79 Å². The summed E-state index contributed by atoms with van der Waals surface area (Å²) in [5.74, 6) is -0.311. The number of rotatable bonds is 11. The molecule has 1 heterocycles. The van der Waals surface area contributed by atoms with Crippen molar-refractivity contribution in [1.29, 1.82) is 0 Å². The summed E-state index contributed by atoms with van der Waals surface area (Å²) in [5, 5.41) is 13.5. The summed E-state index contributed by atoms with van der Waals surface area (Å²) in [6.07, 6.45) is 9.75. The number of hydrogen-bond acceptors (Lipinski definition) is 5. The first-order valence-electron chi connectivity index (χ1n) is 12.0. The van der Waals surface area contributed by atoms with E-state index in [1.165, 1.54) is 5.57 Å². The zero-order valence-electron chi connectivity index (χ0n) is 19.9. The molecular formula is C29H30N2O4. The summed E-state index contributed by atoms with van der Waals surface area (Å²) >= 11 is 0. The molecule has 1 aliphatic carbocycles. The Hall–Kier alpha value is -3.93. The van der Waals surface area contributed by atoms with E-state index in [-0.39, 0.29) is 12.7 Å². The van der Waals surface area contributed by atoms with Crippen LogP contribution in [0.15, 0.2) is 83.8 Å². The molecule has 6 heteroatoms. The van der Waals surface area contributed by atoms with E-state index in [2.05, 4.69) is 29.2 Å². The van der Waals surface area contributed by atoms with Crippen molar-refractivity contribution in [1.82, 2.24) is 4.98 Å². The van der Waals surface area contributed by atoms with Crippen molar-refractivity contribution in [2.75, 3.05) is 6.61 Å². The molecule has 0 aliphatic heterocycles. The number of allylic oxidation sites excluding steroid dienone is 1. The zero-order valence-corrected chi connectivity index (χ0v) is 19.9. The number of aromatic nitrogens is 1. The largest absolute Gasteiger partial charge is 0.482 e. The third-order valence-corrected chi connectivity index (χ3v) is 6.12. The molecule has 4 rings (SSSR count). The lowest BCUT2D eigenvalue weighted by molar-refractivity contribution is -0.139. The standard InChI is InChI=1S/C29H30N2O4/c1-2-25(31-35-29(22-7-4-3-5-8-22)23-15-17-30-18-16-23)13-11-21-12-14-26-24(19-21)9-6-10-27(26)34-20-28(32)33/h3-10,15-19,29H,2,11-14,20H2,1H3,(H,32,33)/b31-25+. The normalized spacial score (nSPS) is 14.0. The van der Waals surface area contributed by atoms with Gasteiger partial charge < -0.3 is 14.7 Å². The minimum Gasteiger partial charge on any atom is -0.482 e. The Morgan fingerprint density at radius 3 is 2.54 bits per heavy atom. The Balaban J connectivity index is 1.44. The Morgan fingerprint density at radius 1 is 1.03 bits per heavy atom. The van der Waals surface area contributed by atoms with Crippen molar-refractivity contribution in [3.05, 3.63) is 101 Å². The lowest BCUT2D eigenvalue weighted by atomic mass is 9.89. The van der Waals surface area contributed by atoms with Crippen molar-refractivity contribution >= 4 is 17.8 Å². The van der Waals surface area contributed by atoms with E-state index in [0.717, 1.165) is 60.1 Å². The number of ether oxygens (including phenoxy) is 1. The first kappa shape index (κ1) is 24.2. The zero-order chi connectivity index (χ0) is 24.5. The molecule has 0 spiro atoms. The first-order valence-corrected chi connectivity index (χ1v) is 12.0. The van der Waals surface area contributed by atoms with Gasteiger partial charge in [-0.05, 0) is 61.4 Å². The Labute approximate surface area is 205 Å². The maximum atomic E-state index is 10.9. The second kappa shape index (κ2) is 12.0. The van der Waals surface area contributed by atoms with Crippen LogP contribution in [0.5, 0.6) is 5.75 Å². The topological polar surface area (TPSA) is 81.0 Å². The first-order chi connectivity index (χ1) is 17.1. The minimum absolute atomic E-state index is 0.286. The molecule has 0 amide bonds. The fourth-order valence-corrected chi connectivity index (χ4v) is 4.23. The molecule has 35 heavy (non-hydrogen) atoms. The fraction of sp³-hybridized carbons (Fsp3) is 0.276. The van der Waals surface area contributed by atoms with E-state index in [0.29, 0.717) is 5.75 Å². The van der Waals surface area contributed by atoms with Crippen LogP contribution in [-0.2, 0) is 16.1 Å². The number of fused-ring (bicyclic) bond motifs is 1. The van der Waals surface area contributed by atoms with E-state index >= 15 is 0 Å². The van der Waals surface area contributed by atoms with Crippen LogP contribution in [0, 0.1) is 0 Å². The number of nitrogens with zero attached hydrogens (tertiary/aromatic N) is 2. The molecule has 6 nitrogen and oxygen atoms in total. The van der Waals surface area contributed by atoms with Crippen molar-refractivity contribution in [2.24, 2.45) is 5.16 Å². The molecular weight excluding hydrogens is 440 g/mol. The summed E-state index contributed by atoms with van der Waals surface area (Å²) in [7, 11) is 0. The van der Waals surface area contributed by atoms with Crippen LogP contribution in [-0.4, -0.2) is 28.4 Å². The number of hydrogen-bond donors (Lipinski definition) is 1. The van der Waals surface area contributed by atoms with Gasteiger partial charge in [0.2, 0.25) is 0 Å². The third kappa shape index (κ3) is 6.57. The molecule has 1 unspecified atom stereocenters. The van der Waals surface area contributed by atoms with Gasteiger partial charge in [-0.15, -0.1) is 0 Å². The second-order valence-electron chi connectivity index (χ2n) is 8.50. The van der Waals surface area contributed by atoms with E-state index in [1.54, 1.807) is 12.4 Å². The average Bonchev–Trinajstić information content (AvgIpc) is 2.90. The number of oxime groups is 1.